The number of carbonyl (C=O) groups is 4. The van der Waals surface area contributed by atoms with Gasteiger partial charge in [0.1, 0.15) is 30.2 Å². The molecule has 53 heavy (non-hydrogen) atoms. The van der Waals surface area contributed by atoms with Gasteiger partial charge in [-0.25, -0.2) is 18.1 Å². The van der Waals surface area contributed by atoms with Crippen molar-refractivity contribution in [1.29, 1.82) is 0 Å². The van der Waals surface area contributed by atoms with Crippen LogP contribution in [0.4, 0.5) is 0 Å². The molecule has 0 saturated carbocycles. The highest BCUT2D eigenvalue weighted by atomic mass is 32.2. The average Bonchev–Trinajstić information content (AvgIpc) is 3.55. The second-order valence-electron chi connectivity index (χ2n) is 14.0. The number of carbonyl (C=O) groups excluding carboxylic acids is 4. The number of aromatic nitrogens is 3. The minimum atomic E-state index is -4.21. The van der Waals surface area contributed by atoms with E-state index < -0.39 is 58.3 Å². The zero-order chi connectivity index (χ0) is 38.3. The highest BCUT2D eigenvalue weighted by Crippen LogP contribution is 2.35. The van der Waals surface area contributed by atoms with E-state index in [1.54, 1.807) is 20.1 Å². The zero-order valence-corrected chi connectivity index (χ0v) is 31.8. The third-order valence-corrected chi connectivity index (χ3v) is 11.3. The first-order valence-corrected chi connectivity index (χ1v) is 19.6. The van der Waals surface area contributed by atoms with Crippen molar-refractivity contribution in [2.24, 2.45) is 5.92 Å². The Labute approximate surface area is 310 Å². The Morgan fingerprint density at radius 1 is 0.849 bits per heavy atom. The molecule has 1 aromatic heterocycles. The molecule has 286 valence electrons. The van der Waals surface area contributed by atoms with Crippen LogP contribution in [-0.4, -0.2) is 89.9 Å². The Morgan fingerprint density at radius 2 is 1.57 bits per heavy atom. The van der Waals surface area contributed by atoms with Gasteiger partial charge in [0.15, 0.2) is 5.82 Å². The summed E-state index contributed by atoms with van der Waals surface area (Å²) >= 11 is 0. The maximum Gasteiger partial charge on any atom is 0.243 e. The topological polar surface area (TPSA) is 194 Å². The lowest BCUT2D eigenvalue weighted by molar-refractivity contribution is -0.132. The molecule has 2 aromatic carbocycles. The van der Waals surface area contributed by atoms with Crippen molar-refractivity contribution >= 4 is 33.7 Å². The summed E-state index contributed by atoms with van der Waals surface area (Å²) in [4.78, 5) is 58.6. The lowest BCUT2D eigenvalue weighted by Gasteiger charge is -2.27. The number of nitrogens with one attached hydrogen (secondary N) is 4. The Kier molecular flexibility index (Phi) is 12.9. The minimum absolute atomic E-state index is 0.0207. The van der Waals surface area contributed by atoms with E-state index >= 15 is 0 Å². The van der Waals surface area contributed by atoms with Gasteiger partial charge in [0.05, 0.1) is 24.6 Å². The van der Waals surface area contributed by atoms with Gasteiger partial charge in [-0.1, -0.05) is 44.2 Å². The molecule has 0 saturated heterocycles. The fourth-order valence-corrected chi connectivity index (χ4v) is 8.44. The number of methoxy groups -OCH3 is 1. The molecule has 5 rings (SSSR count). The number of sulfonamides is 1. The quantitative estimate of drug-likeness (QED) is 0.293. The molecule has 2 aliphatic rings. The molecule has 4 N–H and O–H groups in total. The zero-order valence-electron chi connectivity index (χ0n) is 31.0. The molecule has 2 heterocycles. The van der Waals surface area contributed by atoms with Crippen molar-refractivity contribution in [1.82, 2.24) is 40.3 Å². The average molecular weight is 751 g/mol. The SMILES string of the molecule is COc1ccc(S(=O)(=O)N2CCCNC(=O)Cn3nc(-c4ccccc4)nc3[C@H](C)NC(=O)[C@@H](CC(C)C)NC(=O)[C@@H](C)NC(=O)C2)c2c1CCCC2. The van der Waals surface area contributed by atoms with Crippen LogP contribution in [0.2, 0.25) is 0 Å². The normalized spacial score (nSPS) is 21.5. The van der Waals surface area contributed by atoms with E-state index in [1.165, 1.54) is 17.7 Å². The predicted octanol–water partition coefficient (Wildman–Crippen LogP) is 2.26. The van der Waals surface area contributed by atoms with Gasteiger partial charge >= 0.3 is 0 Å². The molecule has 0 fully saturated rings. The van der Waals surface area contributed by atoms with Gasteiger partial charge in [-0.2, -0.15) is 9.40 Å². The van der Waals surface area contributed by atoms with Crippen molar-refractivity contribution in [2.45, 2.75) is 95.8 Å². The van der Waals surface area contributed by atoms with Crippen LogP contribution in [0, 0.1) is 5.92 Å². The van der Waals surface area contributed by atoms with Crippen molar-refractivity contribution in [3.8, 4) is 17.1 Å². The molecule has 1 aliphatic heterocycles. The Balaban J connectivity index is 1.47. The van der Waals surface area contributed by atoms with Crippen LogP contribution in [0.3, 0.4) is 0 Å². The number of hydrogen-bond acceptors (Lipinski definition) is 9. The van der Waals surface area contributed by atoms with Gasteiger partial charge in [-0.3, -0.25) is 19.2 Å². The first-order chi connectivity index (χ1) is 25.3. The number of hydrogen-bond donors (Lipinski definition) is 4. The Bertz CT molecular complexity index is 1910. The van der Waals surface area contributed by atoms with E-state index in [-0.39, 0.29) is 36.9 Å². The van der Waals surface area contributed by atoms with Gasteiger partial charge in [0.25, 0.3) is 0 Å². The van der Waals surface area contributed by atoms with Crippen LogP contribution in [0.5, 0.6) is 5.75 Å². The number of benzene rings is 2. The predicted molar refractivity (Wildman–Crippen MR) is 197 cm³/mol. The third kappa shape index (κ3) is 9.59. The molecule has 16 heteroatoms. The number of amides is 4. The van der Waals surface area contributed by atoms with E-state index in [4.69, 9.17) is 4.74 Å². The standard InChI is InChI=1S/C37H50N8O7S/c1-23(2)20-29-37(49)40-24(3)35-42-34(26-12-7-6-8-13-26)43-45(35)22-32(46)38-18-11-19-44(21-33(47)39-25(4)36(48)41-29)53(50,51)31-17-16-30(52-5)27-14-9-10-15-28(27)31/h6-8,12-13,16-17,23-25,29H,9-11,14-15,18-22H2,1-5H3,(H,38,46)(H,39,47)(H,40,49)(H,41,48)/t24-,25+,29+/m0/s1. The summed E-state index contributed by atoms with van der Waals surface area (Å²) in [7, 11) is -2.66. The number of fused-ring (bicyclic) bond motifs is 2. The fraction of sp³-hybridized carbons (Fsp3) is 0.514. The molecule has 0 spiro atoms. The molecular formula is C37H50N8O7S. The molecule has 15 nitrogen and oxygen atoms in total. The van der Waals surface area contributed by atoms with Crippen LogP contribution in [0.1, 0.15) is 76.4 Å². The lowest BCUT2D eigenvalue weighted by Crippen LogP contribution is -2.54. The first kappa shape index (κ1) is 39.4. The summed E-state index contributed by atoms with van der Waals surface area (Å²) < 4.78 is 36.7. The fourth-order valence-electron chi connectivity index (χ4n) is 6.72. The first-order valence-electron chi connectivity index (χ1n) is 18.1. The van der Waals surface area contributed by atoms with Gasteiger partial charge in [-0.15, -0.1) is 0 Å². The highest BCUT2D eigenvalue weighted by Gasteiger charge is 2.33. The van der Waals surface area contributed by atoms with Crippen molar-refractivity contribution < 1.29 is 32.3 Å². The van der Waals surface area contributed by atoms with Crippen molar-refractivity contribution in [2.75, 3.05) is 26.7 Å². The van der Waals surface area contributed by atoms with E-state index in [9.17, 15) is 27.6 Å². The molecule has 0 radical (unpaired) electrons. The van der Waals surface area contributed by atoms with E-state index in [0.717, 1.165) is 28.3 Å². The maximum atomic E-state index is 14.3. The Hall–Kier alpha value is -4.83. The van der Waals surface area contributed by atoms with Gasteiger partial charge in [0, 0.05) is 18.7 Å². The molecule has 3 aromatic rings. The monoisotopic (exact) mass is 750 g/mol. The van der Waals surface area contributed by atoms with Gasteiger partial charge in [0.2, 0.25) is 33.7 Å². The van der Waals surface area contributed by atoms with E-state index in [1.807, 2.05) is 44.2 Å². The summed E-state index contributed by atoms with van der Waals surface area (Å²) in [6.07, 6.45) is 3.44. The number of nitrogens with zero attached hydrogens (tertiary/aromatic N) is 4. The molecule has 3 atom stereocenters. The van der Waals surface area contributed by atoms with Crippen molar-refractivity contribution in [3.05, 3.63) is 59.4 Å². The second-order valence-corrected chi connectivity index (χ2v) is 15.9. The third-order valence-electron chi connectivity index (χ3n) is 9.40. The van der Waals surface area contributed by atoms with E-state index in [2.05, 4.69) is 31.3 Å². The van der Waals surface area contributed by atoms with Crippen LogP contribution in [0.15, 0.2) is 47.4 Å². The number of rotatable bonds is 6. The minimum Gasteiger partial charge on any atom is -0.496 e. The molecule has 0 bridgehead atoms. The highest BCUT2D eigenvalue weighted by molar-refractivity contribution is 7.89. The van der Waals surface area contributed by atoms with Crippen LogP contribution < -0.4 is 26.0 Å². The molecule has 4 amide bonds. The summed E-state index contributed by atoms with van der Waals surface area (Å²) in [5, 5.41) is 15.7. The molecular weight excluding hydrogens is 701 g/mol. The Morgan fingerprint density at radius 3 is 2.26 bits per heavy atom. The van der Waals surface area contributed by atoms with Crippen molar-refractivity contribution in [3.63, 3.8) is 0 Å². The summed E-state index contributed by atoms with van der Waals surface area (Å²) in [5.41, 5.74) is 2.24. The summed E-state index contributed by atoms with van der Waals surface area (Å²) in [5.74, 6) is -0.821. The number of ether oxygens (including phenoxy) is 1. The summed E-state index contributed by atoms with van der Waals surface area (Å²) in [6.45, 7) is 6.26. The van der Waals surface area contributed by atoms with Gasteiger partial charge < -0.3 is 26.0 Å². The summed E-state index contributed by atoms with van der Waals surface area (Å²) in [6, 6.07) is 9.65. The maximum absolute atomic E-state index is 14.3. The smallest absolute Gasteiger partial charge is 0.243 e. The van der Waals surface area contributed by atoms with Crippen LogP contribution in [0.25, 0.3) is 11.4 Å². The largest absolute Gasteiger partial charge is 0.496 e. The second kappa shape index (κ2) is 17.3. The molecule has 1 aliphatic carbocycles. The van der Waals surface area contributed by atoms with E-state index in [0.29, 0.717) is 42.2 Å². The molecule has 0 unspecified atom stereocenters. The van der Waals surface area contributed by atoms with Crippen LogP contribution in [-0.2, 0) is 48.6 Å². The van der Waals surface area contributed by atoms with Crippen LogP contribution >= 0.6 is 0 Å². The lowest BCUT2D eigenvalue weighted by atomic mass is 9.91. The van der Waals surface area contributed by atoms with Gasteiger partial charge in [-0.05, 0) is 81.5 Å².